The minimum absolute atomic E-state index is 0. The molecule has 3 rings (SSSR count). The highest BCUT2D eigenvalue weighted by molar-refractivity contribution is 5.94. The minimum atomic E-state index is -0.242. The van der Waals surface area contributed by atoms with Gasteiger partial charge in [0.15, 0.2) is 0 Å². The fourth-order valence-corrected chi connectivity index (χ4v) is 2.60. The van der Waals surface area contributed by atoms with E-state index >= 15 is 0 Å². The molecule has 0 bridgehead atoms. The molecule has 1 aromatic heterocycles. The summed E-state index contributed by atoms with van der Waals surface area (Å²) in [5, 5.41) is 0. The maximum absolute atomic E-state index is 13.0. The van der Waals surface area contributed by atoms with Crippen molar-refractivity contribution < 1.29 is 13.6 Å². The molecule has 1 aliphatic rings. The molecule has 2 aromatic rings. The van der Waals surface area contributed by atoms with Crippen LogP contribution in [0, 0.1) is 5.82 Å². The standard InChI is InChI=1S/C16H18FN3O2.2ClH/c17-13-1-3-14(4-2-13)19-5-7-20(8-6-19)16(21)12-9-15(10-18)22-11-12;;/h1-4,9,11H,5-8,10,18H2;2*1H. The third-order valence-electron chi connectivity index (χ3n) is 3.86. The number of nitrogens with two attached hydrogens (primary N) is 1. The monoisotopic (exact) mass is 375 g/mol. The summed E-state index contributed by atoms with van der Waals surface area (Å²) in [5.74, 6) is 0.323. The van der Waals surface area contributed by atoms with E-state index in [9.17, 15) is 9.18 Å². The van der Waals surface area contributed by atoms with Gasteiger partial charge >= 0.3 is 0 Å². The lowest BCUT2D eigenvalue weighted by atomic mass is 10.2. The summed E-state index contributed by atoms with van der Waals surface area (Å²) in [6.45, 7) is 2.97. The average molecular weight is 376 g/mol. The summed E-state index contributed by atoms with van der Waals surface area (Å²) >= 11 is 0. The lowest BCUT2D eigenvalue weighted by Crippen LogP contribution is -2.48. The number of hydrogen-bond donors (Lipinski definition) is 1. The van der Waals surface area contributed by atoms with Crippen LogP contribution in [0.5, 0.6) is 0 Å². The molecule has 2 heterocycles. The summed E-state index contributed by atoms with van der Waals surface area (Å²) in [6, 6.07) is 8.11. The number of carbonyl (C=O) groups is 1. The van der Waals surface area contributed by atoms with E-state index in [1.54, 1.807) is 23.1 Å². The number of nitrogens with zero attached hydrogens (tertiary/aromatic N) is 2. The van der Waals surface area contributed by atoms with E-state index in [4.69, 9.17) is 10.2 Å². The van der Waals surface area contributed by atoms with Crippen LogP contribution < -0.4 is 10.6 Å². The van der Waals surface area contributed by atoms with Crippen molar-refractivity contribution in [1.29, 1.82) is 0 Å². The van der Waals surface area contributed by atoms with Crippen LogP contribution in [-0.4, -0.2) is 37.0 Å². The average Bonchev–Trinajstić information content (AvgIpc) is 3.04. The first-order valence-corrected chi connectivity index (χ1v) is 7.24. The van der Waals surface area contributed by atoms with Crippen LogP contribution in [0.4, 0.5) is 10.1 Å². The number of carbonyl (C=O) groups excluding carboxylic acids is 1. The summed E-state index contributed by atoms with van der Waals surface area (Å²) in [4.78, 5) is 16.3. The topological polar surface area (TPSA) is 62.7 Å². The third-order valence-corrected chi connectivity index (χ3v) is 3.86. The van der Waals surface area contributed by atoms with Crippen molar-refractivity contribution in [3.8, 4) is 0 Å². The Morgan fingerprint density at radius 2 is 1.75 bits per heavy atom. The van der Waals surface area contributed by atoms with Gasteiger partial charge in [-0.15, -0.1) is 24.8 Å². The van der Waals surface area contributed by atoms with Crippen LogP contribution in [0.25, 0.3) is 0 Å². The van der Waals surface area contributed by atoms with E-state index in [-0.39, 0.29) is 43.1 Å². The molecule has 0 aliphatic carbocycles. The zero-order valence-corrected chi connectivity index (χ0v) is 14.6. The highest BCUT2D eigenvalue weighted by Gasteiger charge is 2.23. The first kappa shape index (κ1) is 20.3. The van der Waals surface area contributed by atoms with Gasteiger partial charge in [-0.1, -0.05) is 0 Å². The van der Waals surface area contributed by atoms with Gasteiger partial charge in [0.2, 0.25) is 0 Å². The van der Waals surface area contributed by atoms with Gasteiger partial charge in [0.1, 0.15) is 17.8 Å². The van der Waals surface area contributed by atoms with Gasteiger partial charge in [-0.25, -0.2) is 4.39 Å². The lowest BCUT2D eigenvalue weighted by Gasteiger charge is -2.36. The molecule has 132 valence electrons. The third kappa shape index (κ3) is 4.41. The Morgan fingerprint density at radius 3 is 2.29 bits per heavy atom. The Hall–Kier alpha value is -1.76. The number of anilines is 1. The Bertz CT molecular complexity index is 656. The smallest absolute Gasteiger partial charge is 0.257 e. The highest BCUT2D eigenvalue weighted by atomic mass is 35.5. The Morgan fingerprint density at radius 1 is 1.12 bits per heavy atom. The molecule has 0 spiro atoms. The van der Waals surface area contributed by atoms with E-state index in [1.807, 2.05) is 0 Å². The fourth-order valence-electron chi connectivity index (χ4n) is 2.60. The maximum atomic E-state index is 13.0. The van der Waals surface area contributed by atoms with Gasteiger partial charge in [0, 0.05) is 31.9 Å². The quantitative estimate of drug-likeness (QED) is 0.895. The van der Waals surface area contributed by atoms with E-state index in [0.29, 0.717) is 24.4 Å². The van der Waals surface area contributed by atoms with E-state index in [1.165, 1.54) is 18.4 Å². The van der Waals surface area contributed by atoms with Gasteiger partial charge in [-0.2, -0.15) is 0 Å². The first-order chi connectivity index (χ1) is 10.7. The van der Waals surface area contributed by atoms with Crippen molar-refractivity contribution in [3.05, 3.63) is 53.7 Å². The largest absolute Gasteiger partial charge is 0.467 e. The van der Waals surface area contributed by atoms with Crippen LogP contribution in [0.3, 0.4) is 0 Å². The molecule has 0 atom stereocenters. The first-order valence-electron chi connectivity index (χ1n) is 7.24. The Balaban J connectivity index is 0.00000144. The zero-order chi connectivity index (χ0) is 15.5. The summed E-state index contributed by atoms with van der Waals surface area (Å²) < 4.78 is 18.2. The molecule has 1 saturated heterocycles. The molecule has 1 fully saturated rings. The molecular formula is C16H20Cl2FN3O2. The molecule has 8 heteroatoms. The number of amides is 1. The van der Waals surface area contributed by atoms with Gasteiger partial charge in [-0.05, 0) is 30.3 Å². The number of benzene rings is 1. The summed E-state index contributed by atoms with van der Waals surface area (Å²) in [6.07, 6.45) is 1.46. The number of halogens is 3. The molecule has 5 nitrogen and oxygen atoms in total. The van der Waals surface area contributed by atoms with Crippen LogP contribution in [0.15, 0.2) is 41.0 Å². The Kier molecular flexibility index (Phi) is 7.54. The second kappa shape index (κ2) is 8.92. The van der Waals surface area contributed by atoms with Gasteiger partial charge < -0.3 is 20.0 Å². The molecule has 0 radical (unpaired) electrons. The van der Waals surface area contributed by atoms with E-state index in [0.717, 1.165) is 18.8 Å². The Labute approximate surface area is 152 Å². The number of rotatable bonds is 3. The molecule has 2 N–H and O–H groups in total. The molecule has 1 aromatic carbocycles. The predicted molar refractivity (Wildman–Crippen MR) is 95.6 cm³/mol. The second-order valence-electron chi connectivity index (χ2n) is 5.26. The maximum Gasteiger partial charge on any atom is 0.257 e. The number of piperazine rings is 1. The van der Waals surface area contributed by atoms with Gasteiger partial charge in [0.25, 0.3) is 5.91 Å². The minimum Gasteiger partial charge on any atom is -0.467 e. The highest BCUT2D eigenvalue weighted by Crippen LogP contribution is 2.18. The number of furan rings is 1. The van der Waals surface area contributed by atoms with E-state index in [2.05, 4.69) is 4.90 Å². The van der Waals surface area contributed by atoms with Gasteiger partial charge in [-0.3, -0.25) is 4.79 Å². The lowest BCUT2D eigenvalue weighted by molar-refractivity contribution is 0.0746. The SMILES string of the molecule is Cl.Cl.NCc1cc(C(=O)N2CCN(c3ccc(F)cc3)CC2)co1. The van der Waals surface area contributed by atoms with Crippen molar-refractivity contribution >= 4 is 36.4 Å². The zero-order valence-electron chi connectivity index (χ0n) is 13.0. The van der Waals surface area contributed by atoms with Crippen LogP contribution >= 0.6 is 24.8 Å². The normalized spacial score (nSPS) is 13.9. The molecule has 1 aliphatic heterocycles. The van der Waals surface area contributed by atoms with E-state index < -0.39 is 0 Å². The molecular weight excluding hydrogens is 356 g/mol. The van der Waals surface area contributed by atoms with Crippen molar-refractivity contribution in [1.82, 2.24) is 4.90 Å². The second-order valence-corrected chi connectivity index (χ2v) is 5.26. The molecule has 1 amide bonds. The summed E-state index contributed by atoms with van der Waals surface area (Å²) in [5.41, 5.74) is 6.99. The van der Waals surface area contributed by atoms with Gasteiger partial charge in [0.05, 0.1) is 12.1 Å². The predicted octanol–water partition coefficient (Wildman–Crippen LogP) is 2.68. The molecule has 0 unspecified atom stereocenters. The van der Waals surface area contributed by atoms with Crippen molar-refractivity contribution in [3.63, 3.8) is 0 Å². The molecule has 24 heavy (non-hydrogen) atoms. The number of hydrogen-bond acceptors (Lipinski definition) is 4. The molecule has 0 saturated carbocycles. The fraction of sp³-hybridized carbons (Fsp3) is 0.312. The van der Waals surface area contributed by atoms with Crippen molar-refractivity contribution in [2.45, 2.75) is 6.54 Å². The van der Waals surface area contributed by atoms with Crippen LogP contribution in [0.2, 0.25) is 0 Å². The van der Waals surface area contributed by atoms with Crippen molar-refractivity contribution in [2.24, 2.45) is 5.73 Å². The summed E-state index contributed by atoms with van der Waals surface area (Å²) in [7, 11) is 0. The van der Waals surface area contributed by atoms with Crippen LogP contribution in [0.1, 0.15) is 16.1 Å². The van der Waals surface area contributed by atoms with Crippen molar-refractivity contribution in [2.75, 3.05) is 31.1 Å². The van der Waals surface area contributed by atoms with Crippen LogP contribution in [-0.2, 0) is 6.54 Å².